The minimum Gasteiger partial charge on any atom is -0.493 e. The molecule has 0 aliphatic heterocycles. The molecule has 5 nitrogen and oxygen atoms in total. The van der Waals surface area contributed by atoms with Crippen LogP contribution >= 0.6 is 0 Å². The summed E-state index contributed by atoms with van der Waals surface area (Å²) in [4.78, 5) is 35.5. The lowest BCUT2D eigenvalue weighted by molar-refractivity contribution is -0.146. The zero-order valence-electron chi connectivity index (χ0n) is 18.5. The quantitative estimate of drug-likeness (QED) is 0.189. The summed E-state index contributed by atoms with van der Waals surface area (Å²) in [6, 6.07) is 0. The minimum absolute atomic E-state index is 0.0452. The van der Waals surface area contributed by atoms with Crippen molar-refractivity contribution in [3.8, 4) is 0 Å². The summed E-state index contributed by atoms with van der Waals surface area (Å²) in [6.45, 7) is 3.61. The van der Waals surface area contributed by atoms with Gasteiger partial charge in [-0.15, -0.1) is 0 Å². The summed E-state index contributed by atoms with van der Waals surface area (Å²) < 4.78 is 10.4. The molecule has 0 N–H and O–H groups in total. The van der Waals surface area contributed by atoms with Crippen LogP contribution in [0.3, 0.4) is 0 Å². The normalized spacial score (nSPS) is 15.0. The maximum atomic E-state index is 12.3. The van der Waals surface area contributed by atoms with Crippen LogP contribution in [-0.2, 0) is 23.9 Å². The van der Waals surface area contributed by atoms with E-state index in [1.165, 1.54) is 84.0 Å². The topological polar surface area (TPSA) is 69.7 Å². The predicted molar refractivity (Wildman–Crippen MR) is 114 cm³/mol. The van der Waals surface area contributed by atoms with Gasteiger partial charge in [0.2, 0.25) is 5.78 Å². The summed E-state index contributed by atoms with van der Waals surface area (Å²) in [5.41, 5.74) is 0.351. The molecule has 5 heteroatoms. The van der Waals surface area contributed by atoms with E-state index in [0.717, 1.165) is 12.8 Å². The second-order valence-corrected chi connectivity index (χ2v) is 7.87. The molecule has 0 aromatic heterocycles. The SMILES string of the molecule is CCCCCCCCCCCCC[C@H](CC1=CC(=O)C=C(OC)C1=O)OC(C)=O. The van der Waals surface area contributed by atoms with Gasteiger partial charge in [-0.3, -0.25) is 14.4 Å². The van der Waals surface area contributed by atoms with Gasteiger partial charge >= 0.3 is 5.97 Å². The Morgan fingerprint density at radius 2 is 1.45 bits per heavy atom. The minimum atomic E-state index is -0.384. The molecule has 0 heterocycles. The lowest BCUT2D eigenvalue weighted by Crippen LogP contribution is -2.23. The molecule has 1 aliphatic carbocycles. The summed E-state index contributed by atoms with van der Waals surface area (Å²) in [7, 11) is 1.37. The number of Topliss-reactive ketones (excluding diaryl/α,β-unsaturated/α-hetero) is 1. The first-order valence-electron chi connectivity index (χ1n) is 11.2. The van der Waals surface area contributed by atoms with Crippen molar-refractivity contribution in [3.05, 3.63) is 23.5 Å². The number of methoxy groups -OCH3 is 1. The van der Waals surface area contributed by atoms with Crippen LogP contribution in [0.15, 0.2) is 23.5 Å². The molecular formula is C24H38O5. The lowest BCUT2D eigenvalue weighted by atomic mass is 9.94. The van der Waals surface area contributed by atoms with E-state index in [1.807, 2.05) is 0 Å². The van der Waals surface area contributed by atoms with Gasteiger partial charge in [0, 0.05) is 25.0 Å². The van der Waals surface area contributed by atoms with Crippen molar-refractivity contribution in [2.24, 2.45) is 0 Å². The number of carbonyl (C=O) groups is 3. The summed E-state index contributed by atoms with van der Waals surface area (Å²) in [6.07, 6.45) is 16.8. The molecule has 0 fully saturated rings. The Kier molecular flexibility index (Phi) is 13.0. The van der Waals surface area contributed by atoms with Gasteiger partial charge in [-0.05, 0) is 18.9 Å². The fourth-order valence-electron chi connectivity index (χ4n) is 3.65. The van der Waals surface area contributed by atoms with E-state index >= 15 is 0 Å². The molecule has 0 unspecified atom stereocenters. The van der Waals surface area contributed by atoms with Crippen LogP contribution in [0, 0.1) is 0 Å². The molecule has 0 saturated carbocycles. The first-order valence-corrected chi connectivity index (χ1v) is 11.2. The molecule has 164 valence electrons. The van der Waals surface area contributed by atoms with Crippen molar-refractivity contribution in [1.29, 1.82) is 0 Å². The summed E-state index contributed by atoms with van der Waals surface area (Å²) >= 11 is 0. The molecule has 0 radical (unpaired) electrons. The van der Waals surface area contributed by atoms with Crippen LogP contribution in [0.5, 0.6) is 0 Å². The summed E-state index contributed by atoms with van der Waals surface area (Å²) in [5.74, 6) is -0.893. The second-order valence-electron chi connectivity index (χ2n) is 7.87. The maximum absolute atomic E-state index is 12.3. The van der Waals surface area contributed by atoms with Crippen LogP contribution < -0.4 is 0 Å². The molecule has 0 spiro atoms. The zero-order chi connectivity index (χ0) is 21.5. The van der Waals surface area contributed by atoms with Gasteiger partial charge in [-0.2, -0.15) is 0 Å². The molecule has 0 bridgehead atoms. The molecular weight excluding hydrogens is 368 g/mol. The summed E-state index contributed by atoms with van der Waals surface area (Å²) in [5, 5.41) is 0. The Hall–Kier alpha value is -1.91. The molecule has 29 heavy (non-hydrogen) atoms. The van der Waals surface area contributed by atoms with Crippen LogP contribution in [0.1, 0.15) is 97.3 Å². The van der Waals surface area contributed by atoms with E-state index in [4.69, 9.17) is 9.47 Å². The highest BCUT2D eigenvalue weighted by Crippen LogP contribution is 2.22. The third-order valence-corrected chi connectivity index (χ3v) is 5.24. The highest BCUT2D eigenvalue weighted by Gasteiger charge is 2.26. The van der Waals surface area contributed by atoms with Crippen LogP contribution in [0.2, 0.25) is 0 Å². The van der Waals surface area contributed by atoms with Gasteiger partial charge in [0.1, 0.15) is 6.10 Å². The Balaban J connectivity index is 2.30. The van der Waals surface area contributed by atoms with Crippen LogP contribution in [0.25, 0.3) is 0 Å². The van der Waals surface area contributed by atoms with Crippen molar-refractivity contribution in [1.82, 2.24) is 0 Å². The third kappa shape index (κ3) is 11.0. The van der Waals surface area contributed by atoms with Gasteiger partial charge in [0.15, 0.2) is 11.5 Å². The zero-order valence-corrected chi connectivity index (χ0v) is 18.5. The maximum Gasteiger partial charge on any atom is 0.302 e. The van der Waals surface area contributed by atoms with E-state index in [9.17, 15) is 14.4 Å². The van der Waals surface area contributed by atoms with Gasteiger partial charge in [0.25, 0.3) is 0 Å². The van der Waals surface area contributed by atoms with Crippen LogP contribution in [-0.4, -0.2) is 30.7 Å². The number of hydrogen-bond acceptors (Lipinski definition) is 5. The Bertz CT molecular complexity index is 588. The van der Waals surface area contributed by atoms with E-state index in [0.29, 0.717) is 12.0 Å². The smallest absolute Gasteiger partial charge is 0.302 e. The number of esters is 1. The van der Waals surface area contributed by atoms with Crippen molar-refractivity contribution in [3.63, 3.8) is 0 Å². The van der Waals surface area contributed by atoms with Gasteiger partial charge < -0.3 is 9.47 Å². The first-order chi connectivity index (χ1) is 14.0. The number of ketones is 2. The van der Waals surface area contributed by atoms with Crippen molar-refractivity contribution < 1.29 is 23.9 Å². The Morgan fingerprint density at radius 1 is 0.897 bits per heavy atom. The van der Waals surface area contributed by atoms with Gasteiger partial charge in [0.05, 0.1) is 7.11 Å². The second kappa shape index (κ2) is 15.0. The standard InChI is InChI=1S/C24H38O5/c1-4-5-6-7-8-9-10-11-12-13-14-15-22(29-19(2)25)17-20-16-21(26)18-23(28-3)24(20)27/h16,18,22H,4-15,17H2,1-3H3/t22-/m1/s1. The first kappa shape index (κ1) is 25.1. The highest BCUT2D eigenvalue weighted by atomic mass is 16.5. The Labute approximate surface area is 175 Å². The highest BCUT2D eigenvalue weighted by molar-refractivity contribution is 6.19. The average molecular weight is 407 g/mol. The van der Waals surface area contributed by atoms with E-state index in [-0.39, 0.29) is 35.8 Å². The molecule has 1 atom stereocenters. The van der Waals surface area contributed by atoms with Crippen molar-refractivity contribution in [2.45, 2.75) is 103 Å². The number of carbonyl (C=O) groups excluding carboxylic acids is 3. The third-order valence-electron chi connectivity index (χ3n) is 5.24. The largest absolute Gasteiger partial charge is 0.493 e. The Morgan fingerprint density at radius 3 is 1.97 bits per heavy atom. The monoisotopic (exact) mass is 406 g/mol. The fraction of sp³-hybridized carbons (Fsp3) is 0.708. The molecule has 0 saturated heterocycles. The van der Waals surface area contributed by atoms with E-state index < -0.39 is 0 Å². The van der Waals surface area contributed by atoms with Gasteiger partial charge in [-0.25, -0.2) is 0 Å². The number of unbranched alkanes of at least 4 members (excludes halogenated alkanes) is 10. The molecule has 1 aliphatic rings. The van der Waals surface area contributed by atoms with E-state index in [1.54, 1.807) is 0 Å². The van der Waals surface area contributed by atoms with Crippen molar-refractivity contribution >= 4 is 17.5 Å². The van der Waals surface area contributed by atoms with Crippen molar-refractivity contribution in [2.75, 3.05) is 7.11 Å². The fourth-order valence-corrected chi connectivity index (χ4v) is 3.65. The number of rotatable bonds is 16. The predicted octanol–water partition coefficient (Wildman–Crippen LogP) is 5.62. The number of hydrogen-bond donors (Lipinski definition) is 0. The molecule has 1 rings (SSSR count). The van der Waals surface area contributed by atoms with Crippen LogP contribution in [0.4, 0.5) is 0 Å². The lowest BCUT2D eigenvalue weighted by Gasteiger charge is -2.20. The molecule has 0 aromatic carbocycles. The average Bonchev–Trinajstić information content (AvgIpc) is 2.68. The molecule has 0 amide bonds. The van der Waals surface area contributed by atoms with Gasteiger partial charge in [-0.1, -0.05) is 71.1 Å². The number of ether oxygens (including phenoxy) is 2. The number of allylic oxidation sites excluding steroid dienone is 3. The van der Waals surface area contributed by atoms with E-state index in [2.05, 4.69) is 6.92 Å². The molecule has 0 aromatic rings.